The lowest BCUT2D eigenvalue weighted by Gasteiger charge is -2.28. The average molecular weight is 451 g/mol. The molecule has 3 aromatic rings. The summed E-state index contributed by atoms with van der Waals surface area (Å²) in [7, 11) is 1.56. The highest BCUT2D eigenvalue weighted by molar-refractivity contribution is 6.30. The summed E-state index contributed by atoms with van der Waals surface area (Å²) in [4.78, 5) is 25.6. The number of rotatable bonds is 5. The molecule has 0 bridgehead atoms. The summed E-state index contributed by atoms with van der Waals surface area (Å²) in [5.74, 6) is -1.11. The van der Waals surface area contributed by atoms with Gasteiger partial charge in [0.05, 0.1) is 18.9 Å². The maximum atomic E-state index is 12.9. The van der Waals surface area contributed by atoms with Crippen LogP contribution in [-0.4, -0.2) is 35.3 Å². The van der Waals surface area contributed by atoms with Gasteiger partial charge in [-0.3, -0.25) is 9.59 Å². The van der Waals surface area contributed by atoms with Crippen molar-refractivity contribution < 1.29 is 19.1 Å². The Bertz CT molecular complexity index is 1210. The fraction of sp³-hybridized carbons (Fsp3) is 0.217. The second kappa shape index (κ2) is 8.73. The Hall–Kier alpha value is -3.83. The SMILES string of the molecule is COc1ccc(C2c3c(C)nn(C(=O)COc4ccc(Cl)cc4)c3NC(=O)C2C#N)cc1. The number of aromatic nitrogens is 2. The fourth-order valence-corrected chi connectivity index (χ4v) is 3.89. The van der Waals surface area contributed by atoms with Crippen molar-refractivity contribution in [2.45, 2.75) is 12.8 Å². The summed E-state index contributed by atoms with van der Waals surface area (Å²) in [5.41, 5.74) is 1.92. The van der Waals surface area contributed by atoms with Crippen LogP contribution in [0, 0.1) is 24.2 Å². The molecule has 1 N–H and O–H groups in total. The molecule has 0 radical (unpaired) electrons. The minimum atomic E-state index is -0.965. The lowest BCUT2D eigenvalue weighted by molar-refractivity contribution is -0.119. The Morgan fingerprint density at radius 3 is 2.47 bits per heavy atom. The van der Waals surface area contributed by atoms with Crippen LogP contribution in [-0.2, 0) is 4.79 Å². The number of aryl methyl sites for hydroxylation is 1. The zero-order valence-electron chi connectivity index (χ0n) is 17.3. The van der Waals surface area contributed by atoms with Gasteiger partial charge in [-0.1, -0.05) is 23.7 Å². The molecule has 8 nitrogen and oxygen atoms in total. The van der Waals surface area contributed by atoms with Crippen LogP contribution in [0.3, 0.4) is 0 Å². The molecule has 2 unspecified atom stereocenters. The number of ether oxygens (including phenoxy) is 2. The number of hydrogen-bond acceptors (Lipinski definition) is 6. The molecular formula is C23H19ClN4O4. The van der Waals surface area contributed by atoms with Gasteiger partial charge in [-0.25, -0.2) is 0 Å². The van der Waals surface area contributed by atoms with Gasteiger partial charge in [0.1, 0.15) is 23.2 Å². The monoisotopic (exact) mass is 450 g/mol. The van der Waals surface area contributed by atoms with E-state index in [0.29, 0.717) is 27.8 Å². The van der Waals surface area contributed by atoms with Crippen molar-refractivity contribution in [2.75, 3.05) is 19.0 Å². The van der Waals surface area contributed by atoms with Crippen LogP contribution in [0.2, 0.25) is 5.02 Å². The van der Waals surface area contributed by atoms with Gasteiger partial charge in [0.25, 0.3) is 5.91 Å². The Morgan fingerprint density at radius 1 is 1.19 bits per heavy atom. The van der Waals surface area contributed by atoms with Crippen LogP contribution in [0.25, 0.3) is 0 Å². The van der Waals surface area contributed by atoms with Crippen molar-refractivity contribution in [1.82, 2.24) is 9.78 Å². The Kier molecular flexibility index (Phi) is 5.84. The summed E-state index contributed by atoms with van der Waals surface area (Å²) in [6.45, 7) is 1.45. The van der Waals surface area contributed by atoms with Crippen LogP contribution in [0.15, 0.2) is 48.5 Å². The molecule has 162 valence electrons. The second-order valence-corrected chi connectivity index (χ2v) is 7.68. The lowest BCUT2D eigenvalue weighted by atomic mass is 9.78. The van der Waals surface area contributed by atoms with Gasteiger partial charge in [-0.05, 0) is 48.9 Å². The average Bonchev–Trinajstić information content (AvgIpc) is 3.13. The van der Waals surface area contributed by atoms with Crippen LogP contribution < -0.4 is 14.8 Å². The van der Waals surface area contributed by atoms with Crippen molar-refractivity contribution in [3.05, 3.63) is 70.4 Å². The first-order valence-corrected chi connectivity index (χ1v) is 10.2. The van der Waals surface area contributed by atoms with Gasteiger partial charge in [-0.15, -0.1) is 0 Å². The topological polar surface area (TPSA) is 106 Å². The largest absolute Gasteiger partial charge is 0.497 e. The molecule has 9 heteroatoms. The van der Waals surface area contributed by atoms with Gasteiger partial charge in [-0.2, -0.15) is 15.0 Å². The maximum Gasteiger partial charge on any atom is 0.286 e. The predicted molar refractivity (Wildman–Crippen MR) is 117 cm³/mol. The number of benzene rings is 2. The summed E-state index contributed by atoms with van der Waals surface area (Å²) < 4.78 is 11.9. The molecule has 1 aromatic heterocycles. The Morgan fingerprint density at radius 2 is 1.84 bits per heavy atom. The number of anilines is 1. The highest BCUT2D eigenvalue weighted by atomic mass is 35.5. The quantitative estimate of drug-likeness (QED) is 0.633. The molecule has 2 atom stereocenters. The number of nitrogens with zero attached hydrogens (tertiary/aromatic N) is 3. The lowest BCUT2D eigenvalue weighted by Crippen LogP contribution is -2.35. The third-order valence-corrected chi connectivity index (χ3v) is 5.55. The molecule has 4 rings (SSSR count). The highest BCUT2D eigenvalue weighted by Gasteiger charge is 2.41. The third kappa shape index (κ3) is 3.90. The van der Waals surface area contributed by atoms with Crippen molar-refractivity contribution in [1.29, 1.82) is 5.26 Å². The number of carbonyl (C=O) groups excluding carboxylic acids is 2. The molecule has 32 heavy (non-hydrogen) atoms. The van der Waals surface area contributed by atoms with Gasteiger partial charge in [0.15, 0.2) is 6.61 Å². The molecule has 1 amide bonds. The normalized spacial score (nSPS) is 17.1. The van der Waals surface area contributed by atoms with E-state index in [1.54, 1.807) is 62.6 Å². The fourth-order valence-electron chi connectivity index (χ4n) is 3.77. The van der Waals surface area contributed by atoms with Crippen LogP contribution >= 0.6 is 11.6 Å². The van der Waals surface area contributed by atoms with Crippen molar-refractivity contribution in [2.24, 2.45) is 5.92 Å². The van der Waals surface area contributed by atoms with E-state index in [-0.39, 0.29) is 12.4 Å². The van der Waals surface area contributed by atoms with Crippen LogP contribution in [0.1, 0.15) is 27.5 Å². The molecule has 1 aliphatic heterocycles. The first kappa shape index (κ1) is 21.4. The number of methoxy groups -OCH3 is 1. The van der Waals surface area contributed by atoms with E-state index in [1.165, 1.54) is 0 Å². The number of hydrogen-bond donors (Lipinski definition) is 1. The van der Waals surface area contributed by atoms with Crippen molar-refractivity contribution in [3.63, 3.8) is 0 Å². The molecule has 0 spiro atoms. The molecule has 2 heterocycles. The highest BCUT2D eigenvalue weighted by Crippen LogP contribution is 2.42. The van der Waals surface area contributed by atoms with Gasteiger partial charge in [0, 0.05) is 16.5 Å². The van der Waals surface area contributed by atoms with E-state index in [4.69, 9.17) is 21.1 Å². The number of nitrogens with one attached hydrogen (secondary N) is 1. The first-order chi connectivity index (χ1) is 15.4. The van der Waals surface area contributed by atoms with E-state index >= 15 is 0 Å². The molecule has 2 aromatic carbocycles. The van der Waals surface area contributed by atoms with Crippen molar-refractivity contribution >= 4 is 29.2 Å². The molecule has 0 saturated heterocycles. The predicted octanol–water partition coefficient (Wildman–Crippen LogP) is 3.80. The van der Waals surface area contributed by atoms with E-state index in [1.807, 2.05) is 0 Å². The minimum absolute atomic E-state index is 0.254. The summed E-state index contributed by atoms with van der Waals surface area (Å²) >= 11 is 5.86. The van der Waals surface area contributed by atoms with E-state index in [9.17, 15) is 14.9 Å². The number of nitriles is 1. The molecule has 0 aliphatic carbocycles. The minimum Gasteiger partial charge on any atom is -0.497 e. The summed E-state index contributed by atoms with van der Waals surface area (Å²) in [6.07, 6.45) is 0. The molecule has 1 aliphatic rings. The van der Waals surface area contributed by atoms with Gasteiger partial charge >= 0.3 is 0 Å². The van der Waals surface area contributed by atoms with E-state index in [2.05, 4.69) is 16.5 Å². The van der Waals surface area contributed by atoms with Crippen molar-refractivity contribution in [3.8, 4) is 17.6 Å². The van der Waals surface area contributed by atoms with Gasteiger partial charge in [0.2, 0.25) is 5.91 Å². The first-order valence-electron chi connectivity index (χ1n) is 9.78. The zero-order valence-corrected chi connectivity index (χ0v) is 18.1. The summed E-state index contributed by atoms with van der Waals surface area (Å²) in [6, 6.07) is 15.8. The number of amides is 1. The number of fused-ring (bicyclic) bond motifs is 1. The van der Waals surface area contributed by atoms with E-state index < -0.39 is 23.7 Å². The molecular weight excluding hydrogens is 432 g/mol. The smallest absolute Gasteiger partial charge is 0.286 e. The van der Waals surface area contributed by atoms with Crippen LogP contribution in [0.5, 0.6) is 11.5 Å². The number of halogens is 1. The van der Waals surface area contributed by atoms with Crippen LogP contribution in [0.4, 0.5) is 5.82 Å². The second-order valence-electron chi connectivity index (χ2n) is 7.24. The third-order valence-electron chi connectivity index (χ3n) is 5.30. The Balaban J connectivity index is 1.68. The number of carbonyl (C=O) groups is 2. The standard InChI is InChI=1S/C23H19ClN4O4/c1-13-20-21(14-3-7-16(31-2)8-4-14)18(11-25)23(30)26-22(20)28(27-13)19(29)12-32-17-9-5-15(24)6-10-17/h3-10,18,21H,12H2,1-2H3,(H,26,30). The molecule has 0 saturated carbocycles. The Labute approximate surface area is 189 Å². The molecule has 0 fully saturated rings. The van der Waals surface area contributed by atoms with Gasteiger partial charge < -0.3 is 14.8 Å². The zero-order chi connectivity index (χ0) is 22.8. The summed E-state index contributed by atoms with van der Waals surface area (Å²) in [5, 5.41) is 17.3. The maximum absolute atomic E-state index is 12.9. The van der Waals surface area contributed by atoms with E-state index in [0.717, 1.165) is 10.2 Å².